The molecule has 1 heterocycles. The van der Waals surface area contributed by atoms with Crippen molar-refractivity contribution in [3.8, 4) is 5.75 Å². The number of aliphatic imine (C=N–C) groups is 1. The van der Waals surface area contributed by atoms with Crippen LogP contribution in [0.4, 0.5) is 11.4 Å². The lowest BCUT2D eigenvalue weighted by Crippen LogP contribution is -2.36. The van der Waals surface area contributed by atoms with Crippen LogP contribution in [0, 0.1) is 6.92 Å². The minimum Gasteiger partial charge on any atom is -0.507 e. The first kappa shape index (κ1) is 14.6. The number of anilines is 1. The number of hydrogen-bond donors (Lipinski definition) is 1. The summed E-state index contributed by atoms with van der Waals surface area (Å²) in [5.74, 6) is 0.287. The highest BCUT2D eigenvalue weighted by atomic mass is 16.5. The van der Waals surface area contributed by atoms with Crippen molar-refractivity contribution in [2.24, 2.45) is 4.99 Å². The fraction of sp³-hybridized carbons (Fsp3) is 0.278. The van der Waals surface area contributed by atoms with Crippen LogP contribution in [-0.4, -0.2) is 37.6 Å². The van der Waals surface area contributed by atoms with Crippen molar-refractivity contribution in [1.29, 1.82) is 0 Å². The Morgan fingerprint density at radius 3 is 2.68 bits per heavy atom. The van der Waals surface area contributed by atoms with Crippen molar-refractivity contribution in [1.82, 2.24) is 0 Å². The van der Waals surface area contributed by atoms with E-state index in [0.29, 0.717) is 0 Å². The van der Waals surface area contributed by atoms with Gasteiger partial charge in [0.2, 0.25) is 0 Å². The Morgan fingerprint density at radius 2 is 1.86 bits per heavy atom. The largest absolute Gasteiger partial charge is 0.507 e. The van der Waals surface area contributed by atoms with E-state index in [1.165, 1.54) is 0 Å². The van der Waals surface area contributed by atoms with E-state index in [1.54, 1.807) is 6.21 Å². The highest BCUT2D eigenvalue weighted by Crippen LogP contribution is 2.29. The molecule has 0 bridgehead atoms. The molecule has 0 unspecified atom stereocenters. The first-order chi connectivity index (χ1) is 10.8. The number of phenolic OH excluding ortho intramolecular Hbond substituents is 1. The monoisotopic (exact) mass is 296 g/mol. The van der Waals surface area contributed by atoms with Crippen LogP contribution < -0.4 is 4.90 Å². The van der Waals surface area contributed by atoms with Crippen LogP contribution in [0.25, 0.3) is 0 Å². The Bertz CT molecular complexity index is 677. The van der Waals surface area contributed by atoms with Gasteiger partial charge in [-0.15, -0.1) is 0 Å². The van der Waals surface area contributed by atoms with Gasteiger partial charge in [-0.05, 0) is 30.7 Å². The van der Waals surface area contributed by atoms with Gasteiger partial charge in [-0.3, -0.25) is 4.99 Å². The van der Waals surface area contributed by atoms with Crippen LogP contribution in [0.3, 0.4) is 0 Å². The van der Waals surface area contributed by atoms with E-state index < -0.39 is 0 Å². The quantitative estimate of drug-likeness (QED) is 0.884. The van der Waals surface area contributed by atoms with E-state index in [9.17, 15) is 5.11 Å². The van der Waals surface area contributed by atoms with Gasteiger partial charge in [-0.25, -0.2) is 0 Å². The Morgan fingerprint density at radius 1 is 1.09 bits per heavy atom. The molecule has 0 aromatic heterocycles. The van der Waals surface area contributed by atoms with Crippen molar-refractivity contribution in [3.05, 3.63) is 53.6 Å². The van der Waals surface area contributed by atoms with Crippen LogP contribution in [0.1, 0.15) is 11.1 Å². The van der Waals surface area contributed by atoms with Crippen molar-refractivity contribution in [2.75, 3.05) is 31.2 Å². The molecule has 1 N–H and O–H groups in total. The zero-order valence-electron chi connectivity index (χ0n) is 12.7. The second-order valence-electron chi connectivity index (χ2n) is 5.36. The number of phenols is 1. The molecule has 0 spiro atoms. The summed E-state index contributed by atoms with van der Waals surface area (Å²) in [5.41, 5.74) is 3.60. The molecule has 2 aromatic rings. The summed E-state index contributed by atoms with van der Waals surface area (Å²) in [7, 11) is 0. The molecule has 4 heteroatoms. The molecule has 2 aromatic carbocycles. The summed E-state index contributed by atoms with van der Waals surface area (Å²) in [6, 6.07) is 13.7. The van der Waals surface area contributed by atoms with E-state index >= 15 is 0 Å². The van der Waals surface area contributed by atoms with Gasteiger partial charge >= 0.3 is 0 Å². The van der Waals surface area contributed by atoms with Gasteiger partial charge in [0.25, 0.3) is 0 Å². The van der Waals surface area contributed by atoms with Gasteiger partial charge in [-0.2, -0.15) is 0 Å². The number of ether oxygens (including phenoxy) is 1. The number of nitrogens with zero attached hydrogens (tertiary/aromatic N) is 2. The highest BCUT2D eigenvalue weighted by Gasteiger charge is 2.13. The second-order valence-corrected chi connectivity index (χ2v) is 5.36. The molecule has 22 heavy (non-hydrogen) atoms. The summed E-state index contributed by atoms with van der Waals surface area (Å²) in [5, 5.41) is 10.1. The SMILES string of the molecule is Cc1cccc(C=Nc2ccccc2N2CCOCC2)c1O. The zero-order chi connectivity index (χ0) is 15.4. The van der Waals surface area contributed by atoms with Crippen LogP contribution in [0.15, 0.2) is 47.5 Å². The molecule has 0 radical (unpaired) electrons. The maximum absolute atomic E-state index is 10.1. The van der Waals surface area contributed by atoms with Gasteiger partial charge < -0.3 is 14.7 Å². The maximum atomic E-state index is 10.1. The molecular formula is C18H20N2O2. The Kier molecular flexibility index (Phi) is 4.39. The summed E-state index contributed by atoms with van der Waals surface area (Å²) in [4.78, 5) is 6.87. The van der Waals surface area contributed by atoms with E-state index in [4.69, 9.17) is 4.74 Å². The average Bonchev–Trinajstić information content (AvgIpc) is 2.57. The fourth-order valence-electron chi connectivity index (χ4n) is 2.57. The van der Waals surface area contributed by atoms with Crippen LogP contribution in [0.2, 0.25) is 0 Å². The summed E-state index contributed by atoms with van der Waals surface area (Å²) in [6.07, 6.45) is 1.72. The third-order valence-electron chi connectivity index (χ3n) is 3.85. The minimum atomic E-state index is 0.287. The lowest BCUT2D eigenvalue weighted by Gasteiger charge is -2.29. The molecule has 0 atom stereocenters. The minimum absolute atomic E-state index is 0.287. The molecule has 0 aliphatic carbocycles. The third kappa shape index (κ3) is 3.12. The molecule has 0 amide bonds. The number of hydrogen-bond acceptors (Lipinski definition) is 4. The van der Waals surface area contributed by atoms with Gasteiger partial charge in [-0.1, -0.05) is 24.3 Å². The molecule has 114 valence electrons. The average molecular weight is 296 g/mol. The number of rotatable bonds is 3. The summed E-state index contributed by atoms with van der Waals surface area (Å²) in [6.45, 7) is 5.13. The van der Waals surface area contributed by atoms with Gasteiger partial charge in [0.15, 0.2) is 0 Å². The first-order valence-corrected chi connectivity index (χ1v) is 7.50. The molecule has 3 rings (SSSR count). The molecule has 1 fully saturated rings. The van der Waals surface area contributed by atoms with E-state index in [2.05, 4.69) is 16.0 Å². The molecule has 4 nitrogen and oxygen atoms in total. The molecule has 1 saturated heterocycles. The molecular weight excluding hydrogens is 276 g/mol. The lowest BCUT2D eigenvalue weighted by molar-refractivity contribution is 0.123. The summed E-state index contributed by atoms with van der Waals surface area (Å²) < 4.78 is 5.41. The lowest BCUT2D eigenvalue weighted by atomic mass is 10.1. The van der Waals surface area contributed by atoms with Crippen molar-refractivity contribution in [3.63, 3.8) is 0 Å². The van der Waals surface area contributed by atoms with Gasteiger partial charge in [0.1, 0.15) is 5.75 Å². The van der Waals surface area contributed by atoms with Crippen molar-refractivity contribution >= 4 is 17.6 Å². The predicted molar refractivity (Wildman–Crippen MR) is 89.6 cm³/mol. The number of morpholine rings is 1. The number of benzene rings is 2. The van der Waals surface area contributed by atoms with Crippen LogP contribution in [0.5, 0.6) is 5.75 Å². The number of para-hydroxylation sites is 3. The van der Waals surface area contributed by atoms with Crippen molar-refractivity contribution in [2.45, 2.75) is 6.92 Å². The third-order valence-corrected chi connectivity index (χ3v) is 3.85. The van der Waals surface area contributed by atoms with E-state index in [0.717, 1.165) is 48.8 Å². The normalized spacial score (nSPS) is 15.4. The smallest absolute Gasteiger partial charge is 0.127 e. The standard InChI is InChI=1S/C18H20N2O2/c1-14-5-4-6-15(18(14)21)13-19-16-7-2-3-8-17(16)20-9-11-22-12-10-20/h2-8,13,21H,9-12H2,1H3. The number of aryl methyl sites for hydroxylation is 1. The van der Waals surface area contributed by atoms with Gasteiger partial charge in [0, 0.05) is 24.9 Å². The van der Waals surface area contributed by atoms with Crippen LogP contribution >= 0.6 is 0 Å². The van der Waals surface area contributed by atoms with E-state index in [1.807, 2.05) is 43.3 Å². The molecule has 0 saturated carbocycles. The van der Waals surface area contributed by atoms with Crippen LogP contribution in [-0.2, 0) is 4.74 Å². The zero-order valence-corrected chi connectivity index (χ0v) is 12.7. The Balaban J connectivity index is 1.88. The predicted octanol–water partition coefficient (Wildman–Crippen LogP) is 3.29. The maximum Gasteiger partial charge on any atom is 0.127 e. The Labute approximate surface area is 130 Å². The highest BCUT2D eigenvalue weighted by molar-refractivity contribution is 5.87. The molecule has 1 aliphatic heterocycles. The van der Waals surface area contributed by atoms with Crippen molar-refractivity contribution < 1.29 is 9.84 Å². The molecule has 1 aliphatic rings. The van der Waals surface area contributed by atoms with Gasteiger partial charge in [0.05, 0.1) is 24.6 Å². The van der Waals surface area contributed by atoms with E-state index in [-0.39, 0.29) is 5.75 Å². The second kappa shape index (κ2) is 6.62. The summed E-state index contributed by atoms with van der Waals surface area (Å²) >= 11 is 0. The topological polar surface area (TPSA) is 45.1 Å². The fourth-order valence-corrected chi connectivity index (χ4v) is 2.57. The first-order valence-electron chi connectivity index (χ1n) is 7.50. The Hall–Kier alpha value is -2.33. The number of aromatic hydroxyl groups is 1.